The Bertz CT molecular complexity index is 671. The molecule has 0 aromatic heterocycles. The molecule has 0 radical (unpaired) electrons. The van der Waals surface area contributed by atoms with E-state index in [1.54, 1.807) is 0 Å². The first-order valence-corrected chi connectivity index (χ1v) is 10.5. The van der Waals surface area contributed by atoms with Gasteiger partial charge in [-0.15, -0.1) is 0 Å². The number of hydrogen-bond donors (Lipinski definition) is 1. The topological polar surface area (TPSA) is 69.7 Å². The van der Waals surface area contributed by atoms with Gasteiger partial charge in [0.2, 0.25) is 15.9 Å². The third-order valence-corrected chi connectivity index (χ3v) is 6.38. The van der Waals surface area contributed by atoms with E-state index >= 15 is 0 Å². The van der Waals surface area contributed by atoms with Gasteiger partial charge in [0.1, 0.15) is 5.82 Å². The molecule has 1 aliphatic heterocycles. The second kappa shape index (κ2) is 9.99. The lowest BCUT2D eigenvalue weighted by Gasteiger charge is -2.20. The van der Waals surface area contributed by atoms with Crippen LogP contribution in [0.5, 0.6) is 0 Å². The fourth-order valence-electron chi connectivity index (χ4n) is 3.02. The Morgan fingerprint density at radius 2 is 1.77 bits per heavy atom. The van der Waals surface area contributed by atoms with E-state index in [-0.39, 0.29) is 17.3 Å². The molecule has 146 valence electrons. The summed E-state index contributed by atoms with van der Waals surface area (Å²) in [7, 11) is -2.46. The highest BCUT2D eigenvalue weighted by molar-refractivity contribution is 7.89. The van der Waals surface area contributed by atoms with E-state index in [2.05, 4.69) is 10.2 Å². The van der Waals surface area contributed by atoms with Crippen LogP contribution in [0.3, 0.4) is 0 Å². The Hall–Kier alpha value is -1.51. The summed E-state index contributed by atoms with van der Waals surface area (Å²) in [6.45, 7) is 3.45. The highest BCUT2D eigenvalue weighted by Gasteiger charge is 2.22. The number of sulfonamides is 1. The van der Waals surface area contributed by atoms with E-state index in [4.69, 9.17) is 0 Å². The summed E-state index contributed by atoms with van der Waals surface area (Å²) >= 11 is 0. The molecule has 8 heteroatoms. The average molecular weight is 386 g/mol. The molecule has 0 aliphatic carbocycles. The molecular weight excluding hydrogens is 357 g/mol. The van der Waals surface area contributed by atoms with Crippen LogP contribution in [0.25, 0.3) is 0 Å². The minimum atomic E-state index is -3.80. The Morgan fingerprint density at radius 1 is 1.15 bits per heavy atom. The molecule has 2 rings (SSSR count). The van der Waals surface area contributed by atoms with Gasteiger partial charge in [-0.1, -0.05) is 12.8 Å². The number of likely N-dealkylation sites (N-methyl/N-ethyl adjacent to an activating group) is 1. The maximum atomic E-state index is 12.9. The lowest BCUT2D eigenvalue weighted by molar-refractivity contribution is -0.121. The zero-order valence-corrected chi connectivity index (χ0v) is 16.1. The fraction of sp³-hybridized carbons (Fsp3) is 0.611. The van der Waals surface area contributed by atoms with Crippen LogP contribution < -0.4 is 5.32 Å². The maximum Gasteiger partial charge on any atom is 0.243 e. The summed E-state index contributed by atoms with van der Waals surface area (Å²) in [5.74, 6) is -0.845. The van der Waals surface area contributed by atoms with E-state index in [0.717, 1.165) is 42.5 Å². The summed E-state index contributed by atoms with van der Waals surface area (Å²) in [4.78, 5) is 14.4. The Balaban J connectivity index is 1.73. The van der Waals surface area contributed by atoms with Crippen LogP contribution in [0.4, 0.5) is 4.39 Å². The van der Waals surface area contributed by atoms with Crippen LogP contribution >= 0.6 is 0 Å². The lowest BCUT2D eigenvalue weighted by atomic mass is 10.2. The van der Waals surface area contributed by atoms with Gasteiger partial charge in [0.05, 0.1) is 11.4 Å². The zero-order valence-electron chi connectivity index (χ0n) is 15.3. The van der Waals surface area contributed by atoms with Crippen LogP contribution in [0.1, 0.15) is 32.1 Å². The van der Waals surface area contributed by atoms with E-state index < -0.39 is 15.8 Å². The average Bonchev–Trinajstić information content (AvgIpc) is 2.88. The summed E-state index contributed by atoms with van der Waals surface area (Å²) in [5, 5.41) is 2.77. The molecular formula is C18H28FN3O3S. The number of likely N-dealkylation sites (tertiary alicyclic amines) is 1. The standard InChI is InChI=1S/C18H28FN3O3S/c1-21(26(24,25)17-9-7-16(19)8-10-17)15-18(23)20-11-6-14-22-12-4-2-3-5-13-22/h7-10H,2-6,11-15H2,1H3,(H,20,23). The normalized spacial score (nSPS) is 16.4. The van der Waals surface area contributed by atoms with Crippen molar-refractivity contribution >= 4 is 15.9 Å². The molecule has 1 N–H and O–H groups in total. The van der Waals surface area contributed by atoms with Crippen LogP contribution in [0.15, 0.2) is 29.2 Å². The monoisotopic (exact) mass is 385 g/mol. The van der Waals surface area contributed by atoms with Crippen molar-refractivity contribution in [3.8, 4) is 0 Å². The second-order valence-electron chi connectivity index (χ2n) is 6.67. The van der Waals surface area contributed by atoms with Crippen molar-refractivity contribution < 1.29 is 17.6 Å². The molecule has 1 heterocycles. The number of benzene rings is 1. The number of hydrogen-bond acceptors (Lipinski definition) is 4. The van der Waals surface area contributed by atoms with Crippen molar-refractivity contribution in [3.05, 3.63) is 30.1 Å². The van der Waals surface area contributed by atoms with Gasteiger partial charge in [-0.3, -0.25) is 4.79 Å². The third-order valence-electron chi connectivity index (χ3n) is 4.56. The second-order valence-corrected chi connectivity index (χ2v) is 8.72. The van der Waals surface area contributed by atoms with Crippen molar-refractivity contribution in [1.82, 2.24) is 14.5 Å². The molecule has 0 bridgehead atoms. The van der Waals surface area contributed by atoms with Crippen LogP contribution in [0, 0.1) is 5.82 Å². The number of nitrogens with zero attached hydrogens (tertiary/aromatic N) is 2. The first-order valence-electron chi connectivity index (χ1n) is 9.10. The quantitative estimate of drug-likeness (QED) is 0.693. The molecule has 26 heavy (non-hydrogen) atoms. The van der Waals surface area contributed by atoms with Gasteiger partial charge in [0, 0.05) is 13.6 Å². The van der Waals surface area contributed by atoms with Gasteiger partial charge in [-0.2, -0.15) is 4.31 Å². The van der Waals surface area contributed by atoms with Gasteiger partial charge in [0.15, 0.2) is 0 Å². The fourth-order valence-corrected chi connectivity index (χ4v) is 4.15. The van der Waals surface area contributed by atoms with Crippen LogP contribution in [-0.4, -0.2) is 63.3 Å². The Labute approximate surface area is 155 Å². The largest absolute Gasteiger partial charge is 0.355 e. The van der Waals surface area contributed by atoms with E-state index in [9.17, 15) is 17.6 Å². The minimum absolute atomic E-state index is 0.0321. The summed E-state index contributed by atoms with van der Waals surface area (Å²) in [6.07, 6.45) is 5.90. The highest BCUT2D eigenvalue weighted by atomic mass is 32.2. The number of carbonyl (C=O) groups is 1. The molecule has 1 aromatic rings. The number of amides is 1. The Morgan fingerprint density at radius 3 is 2.38 bits per heavy atom. The van der Waals surface area contributed by atoms with E-state index in [1.807, 2.05) is 0 Å². The SMILES string of the molecule is CN(CC(=O)NCCCN1CCCCCC1)S(=O)(=O)c1ccc(F)cc1. The van der Waals surface area contributed by atoms with Gasteiger partial charge < -0.3 is 10.2 Å². The third kappa shape index (κ3) is 6.34. The number of rotatable bonds is 8. The number of halogens is 1. The molecule has 1 aromatic carbocycles. The zero-order chi connectivity index (χ0) is 19.0. The molecule has 1 saturated heterocycles. The van der Waals surface area contributed by atoms with E-state index in [1.165, 1.54) is 44.9 Å². The predicted octanol–water partition coefficient (Wildman–Crippen LogP) is 1.83. The van der Waals surface area contributed by atoms with Crippen molar-refractivity contribution in [2.24, 2.45) is 0 Å². The van der Waals surface area contributed by atoms with Gasteiger partial charge in [0.25, 0.3) is 0 Å². The highest BCUT2D eigenvalue weighted by Crippen LogP contribution is 2.14. The maximum absolute atomic E-state index is 12.9. The Kier molecular flexibility index (Phi) is 7.99. The summed E-state index contributed by atoms with van der Waals surface area (Å²) in [6, 6.07) is 4.56. The lowest BCUT2D eigenvalue weighted by Crippen LogP contribution is -2.39. The first-order chi connectivity index (χ1) is 12.4. The minimum Gasteiger partial charge on any atom is -0.355 e. The van der Waals surface area contributed by atoms with Gasteiger partial charge in [-0.25, -0.2) is 12.8 Å². The summed E-state index contributed by atoms with van der Waals surface area (Å²) < 4.78 is 38.6. The molecule has 0 saturated carbocycles. The van der Waals surface area contributed by atoms with Crippen LogP contribution in [0.2, 0.25) is 0 Å². The molecule has 6 nitrogen and oxygen atoms in total. The van der Waals surface area contributed by atoms with Gasteiger partial charge in [-0.05, 0) is 63.2 Å². The van der Waals surface area contributed by atoms with E-state index in [0.29, 0.717) is 6.54 Å². The predicted molar refractivity (Wildman–Crippen MR) is 98.8 cm³/mol. The van der Waals surface area contributed by atoms with Crippen molar-refractivity contribution in [2.75, 3.05) is 39.8 Å². The van der Waals surface area contributed by atoms with Crippen molar-refractivity contribution in [2.45, 2.75) is 37.0 Å². The number of nitrogens with one attached hydrogen (secondary N) is 1. The molecule has 1 aliphatic rings. The smallest absolute Gasteiger partial charge is 0.243 e. The molecule has 1 fully saturated rings. The van der Waals surface area contributed by atoms with Crippen LogP contribution in [-0.2, 0) is 14.8 Å². The first kappa shape index (κ1) is 20.8. The molecule has 0 spiro atoms. The summed E-state index contributed by atoms with van der Waals surface area (Å²) in [5.41, 5.74) is 0. The van der Waals surface area contributed by atoms with Crippen molar-refractivity contribution in [1.29, 1.82) is 0 Å². The van der Waals surface area contributed by atoms with Crippen molar-refractivity contribution in [3.63, 3.8) is 0 Å². The molecule has 0 atom stereocenters. The molecule has 0 unspecified atom stereocenters. The number of carbonyl (C=O) groups excluding carboxylic acids is 1. The molecule has 1 amide bonds. The van der Waals surface area contributed by atoms with Gasteiger partial charge >= 0.3 is 0 Å².